The fourth-order valence-electron chi connectivity index (χ4n) is 10.2. The van der Waals surface area contributed by atoms with Crippen LogP contribution in [-0.4, -0.2) is 121 Å². The summed E-state index contributed by atoms with van der Waals surface area (Å²) in [7, 11) is 1.80. The summed E-state index contributed by atoms with van der Waals surface area (Å²) >= 11 is 0. The van der Waals surface area contributed by atoms with Crippen molar-refractivity contribution in [1.29, 1.82) is 0 Å². The number of anilines is 2. The highest BCUT2D eigenvalue weighted by Gasteiger charge is 2.35. The van der Waals surface area contributed by atoms with Gasteiger partial charge in [0.1, 0.15) is 24.2 Å². The van der Waals surface area contributed by atoms with Crippen molar-refractivity contribution >= 4 is 45.8 Å². The first-order valence-electron chi connectivity index (χ1n) is 23.2. The number of morpholine rings is 1. The van der Waals surface area contributed by atoms with Crippen LogP contribution in [0.4, 0.5) is 24.7 Å². The third kappa shape index (κ3) is 9.40. The highest BCUT2D eigenvalue weighted by Crippen LogP contribution is 2.37. The molecule has 19 heteroatoms. The normalized spacial score (nSPS) is 25.3. The number of nitrogens with zero attached hydrogens (tertiary/aromatic N) is 9. The van der Waals surface area contributed by atoms with Gasteiger partial charge in [-0.15, -0.1) is 0 Å². The molecule has 5 aromatic rings. The molecule has 348 valence electrons. The number of rotatable bonds is 12. The SMILES string of the molecule is Cn1nc(C2CCC(=O)NC2=O)c2cccc(C#CCO[C@H]3CCN(CC4CCC(n5cc(NC(=O)c6cnn7ccc(N8CCO[C@@H](CC9CC9)C8)nc67)c(C(F)F)n5)CC4)C[C@H]3F)c21. The number of likely N-dealkylation sites (tertiary alicyclic amines) is 1. The molecule has 3 amide bonds. The number of nitrogens with one attached hydrogen (secondary N) is 2. The first kappa shape index (κ1) is 44.0. The molecule has 5 aliphatic rings. The van der Waals surface area contributed by atoms with Gasteiger partial charge in [0.2, 0.25) is 11.8 Å². The molecule has 2 N–H and O–H groups in total. The fraction of sp³-hybridized carbons (Fsp3) is 0.553. The minimum Gasteiger partial charge on any atom is -0.375 e. The smallest absolute Gasteiger partial charge is 0.284 e. The van der Waals surface area contributed by atoms with E-state index in [-0.39, 0.29) is 54.8 Å². The van der Waals surface area contributed by atoms with Gasteiger partial charge in [-0.1, -0.05) is 36.8 Å². The van der Waals surface area contributed by atoms with E-state index in [4.69, 9.17) is 14.5 Å². The summed E-state index contributed by atoms with van der Waals surface area (Å²) in [6.07, 6.45) is 7.98. The summed E-state index contributed by atoms with van der Waals surface area (Å²) in [5.41, 5.74) is 2.09. The first-order chi connectivity index (χ1) is 32.0. The van der Waals surface area contributed by atoms with Gasteiger partial charge < -0.3 is 19.7 Å². The van der Waals surface area contributed by atoms with Gasteiger partial charge in [0.25, 0.3) is 12.3 Å². The van der Waals surface area contributed by atoms with Crippen LogP contribution in [0.5, 0.6) is 0 Å². The topological polar surface area (TPSA) is 166 Å². The van der Waals surface area contributed by atoms with Crippen LogP contribution in [0.2, 0.25) is 0 Å². The molecule has 7 heterocycles. The van der Waals surface area contributed by atoms with Gasteiger partial charge in [0.15, 0.2) is 11.3 Å². The van der Waals surface area contributed by atoms with Crippen molar-refractivity contribution in [2.24, 2.45) is 18.9 Å². The van der Waals surface area contributed by atoms with Gasteiger partial charge in [-0.3, -0.25) is 34.0 Å². The summed E-state index contributed by atoms with van der Waals surface area (Å²) in [6, 6.07) is 7.37. The van der Waals surface area contributed by atoms with E-state index in [1.807, 2.05) is 24.3 Å². The van der Waals surface area contributed by atoms with Crippen LogP contribution >= 0.6 is 0 Å². The summed E-state index contributed by atoms with van der Waals surface area (Å²) < 4.78 is 60.9. The number of imide groups is 1. The van der Waals surface area contributed by atoms with Crippen molar-refractivity contribution < 1.29 is 37.0 Å². The number of aromatic nitrogens is 7. The Balaban J connectivity index is 0.702. The molecule has 3 saturated heterocycles. The van der Waals surface area contributed by atoms with Crippen LogP contribution < -0.4 is 15.5 Å². The molecule has 5 fully saturated rings. The second-order valence-electron chi connectivity index (χ2n) is 18.5. The first-order valence-corrected chi connectivity index (χ1v) is 23.2. The zero-order valence-corrected chi connectivity index (χ0v) is 36.9. The van der Waals surface area contributed by atoms with Gasteiger partial charge in [-0.25, -0.2) is 22.7 Å². The third-order valence-corrected chi connectivity index (χ3v) is 13.9. The number of amides is 3. The van der Waals surface area contributed by atoms with E-state index in [9.17, 15) is 23.2 Å². The van der Waals surface area contributed by atoms with Crippen LogP contribution in [0.1, 0.15) is 110 Å². The van der Waals surface area contributed by atoms with Crippen LogP contribution in [0, 0.1) is 23.7 Å². The average Bonchev–Trinajstić information content (AvgIpc) is 3.69. The zero-order chi connectivity index (χ0) is 45.5. The van der Waals surface area contributed by atoms with E-state index >= 15 is 4.39 Å². The Kier molecular flexibility index (Phi) is 12.5. The van der Waals surface area contributed by atoms with Crippen molar-refractivity contribution in [3.63, 3.8) is 0 Å². The number of carbonyl (C=O) groups excluding carboxylic acids is 3. The van der Waals surface area contributed by atoms with Crippen LogP contribution in [-0.2, 0) is 26.1 Å². The second-order valence-corrected chi connectivity index (χ2v) is 18.5. The van der Waals surface area contributed by atoms with Gasteiger partial charge >= 0.3 is 0 Å². The Labute approximate surface area is 379 Å². The predicted molar refractivity (Wildman–Crippen MR) is 237 cm³/mol. The molecule has 1 aromatic carbocycles. The lowest BCUT2D eigenvalue weighted by atomic mass is 9.85. The number of carbonyl (C=O) groups is 3. The van der Waals surface area contributed by atoms with Crippen molar-refractivity contribution in [3.05, 3.63) is 65.4 Å². The van der Waals surface area contributed by atoms with Gasteiger partial charge in [-0.05, 0) is 68.9 Å². The predicted octanol–water partition coefficient (Wildman–Crippen LogP) is 5.74. The monoisotopic (exact) mass is 909 g/mol. The van der Waals surface area contributed by atoms with E-state index < -0.39 is 36.2 Å². The van der Waals surface area contributed by atoms with Crippen LogP contribution in [0.25, 0.3) is 16.6 Å². The summed E-state index contributed by atoms with van der Waals surface area (Å²) in [4.78, 5) is 47.0. The van der Waals surface area contributed by atoms with Crippen LogP contribution in [0.3, 0.4) is 0 Å². The van der Waals surface area contributed by atoms with Gasteiger partial charge in [0.05, 0.1) is 59.4 Å². The Hall–Kier alpha value is -5.84. The molecular weight excluding hydrogens is 856 g/mol. The van der Waals surface area contributed by atoms with E-state index in [1.54, 1.807) is 22.6 Å². The number of hydrogen-bond donors (Lipinski definition) is 2. The summed E-state index contributed by atoms with van der Waals surface area (Å²) in [5.74, 6) is 6.22. The molecule has 10 rings (SSSR count). The summed E-state index contributed by atoms with van der Waals surface area (Å²) in [6.45, 7) is 3.73. The molecule has 4 atom stereocenters. The van der Waals surface area contributed by atoms with Crippen molar-refractivity contribution in [1.82, 2.24) is 44.4 Å². The minimum atomic E-state index is -2.90. The highest BCUT2D eigenvalue weighted by atomic mass is 19.3. The Morgan fingerprint density at radius 3 is 2.65 bits per heavy atom. The molecule has 0 radical (unpaired) electrons. The Morgan fingerprint density at radius 2 is 1.86 bits per heavy atom. The molecule has 66 heavy (non-hydrogen) atoms. The van der Waals surface area contributed by atoms with Crippen LogP contribution in [0.15, 0.2) is 42.9 Å². The Bertz CT molecular complexity index is 2680. The number of ether oxygens (including phenoxy) is 2. The number of fused-ring (bicyclic) bond motifs is 2. The van der Waals surface area contributed by atoms with E-state index in [2.05, 4.69) is 47.6 Å². The molecule has 0 bridgehead atoms. The average molecular weight is 910 g/mol. The largest absolute Gasteiger partial charge is 0.375 e. The molecular formula is C47H54F3N11O5. The lowest BCUT2D eigenvalue weighted by molar-refractivity contribution is -0.134. The standard InChI is InChI=1S/C47H54F3N11O5/c1-57-43-30(4-2-6-33(43)41(55-57)34-13-14-40(62)54-46(34)63)5-3-20-66-38-15-17-58(26-36(38)48)24-29-9-11-31(12-10-29)61-27-37(42(56-61)44(49)50)52-47(64)35-23-51-60-18-16-39(53-45(35)60)59-19-21-65-32(25-59)22-28-7-8-28/h2,4,6,16,18,23,27-29,31-32,34,36,38,44H,7-15,17,19-22,24-26H2,1H3,(H,52,64)(H,54,62,63)/t29?,31?,32-,34?,36+,38-/m0/s1. The lowest BCUT2D eigenvalue weighted by Crippen LogP contribution is -2.47. The number of piperidine rings is 2. The van der Waals surface area contributed by atoms with Gasteiger partial charge in [0, 0.05) is 64.0 Å². The third-order valence-electron chi connectivity index (χ3n) is 13.9. The molecule has 0 spiro atoms. The molecule has 1 unspecified atom stereocenters. The van der Waals surface area contributed by atoms with E-state index in [0.29, 0.717) is 80.6 Å². The quantitative estimate of drug-likeness (QED) is 0.116. The number of para-hydroxylation sites is 1. The maximum atomic E-state index is 15.5. The molecule has 2 aliphatic carbocycles. The highest BCUT2D eigenvalue weighted by molar-refractivity contribution is 6.08. The number of halogens is 3. The number of benzene rings is 1. The lowest BCUT2D eigenvalue weighted by Gasteiger charge is -2.38. The van der Waals surface area contributed by atoms with Crippen molar-refractivity contribution in [3.8, 4) is 11.8 Å². The van der Waals surface area contributed by atoms with Crippen molar-refractivity contribution in [2.45, 2.75) is 101 Å². The molecule has 3 aliphatic heterocycles. The fourth-order valence-corrected chi connectivity index (χ4v) is 10.2. The minimum absolute atomic E-state index is 0.0415. The molecule has 4 aromatic heterocycles. The maximum Gasteiger partial charge on any atom is 0.284 e. The van der Waals surface area contributed by atoms with E-state index in [1.165, 1.54) is 29.8 Å². The molecule has 16 nitrogen and oxygen atoms in total. The zero-order valence-electron chi connectivity index (χ0n) is 36.9. The molecule has 2 saturated carbocycles. The van der Waals surface area contributed by atoms with Crippen molar-refractivity contribution in [2.75, 3.05) is 56.2 Å². The number of hydrogen-bond acceptors (Lipinski definition) is 11. The maximum absolute atomic E-state index is 15.5. The van der Waals surface area contributed by atoms with Gasteiger partial charge in [-0.2, -0.15) is 15.3 Å². The summed E-state index contributed by atoms with van der Waals surface area (Å²) in [5, 5.41) is 19.1. The van der Waals surface area contributed by atoms with E-state index in [0.717, 1.165) is 42.6 Å². The number of alkyl halides is 3. The number of aryl methyl sites for hydroxylation is 1. The Morgan fingerprint density at radius 1 is 1.03 bits per heavy atom. The second kappa shape index (κ2) is 18.8.